The van der Waals surface area contributed by atoms with Crippen LogP contribution in [0.25, 0.3) is 0 Å². The van der Waals surface area contributed by atoms with Crippen LogP contribution in [0.4, 0.5) is 5.69 Å². The maximum Gasteiger partial charge on any atom is 0.238 e. The number of anilines is 1. The lowest BCUT2D eigenvalue weighted by atomic mass is 10.3. The van der Waals surface area contributed by atoms with Crippen molar-refractivity contribution in [2.24, 2.45) is 0 Å². The van der Waals surface area contributed by atoms with E-state index in [0.29, 0.717) is 23.9 Å². The lowest BCUT2D eigenvalue weighted by Crippen LogP contribution is -2.44. The van der Waals surface area contributed by atoms with Gasteiger partial charge in [-0.05, 0) is 19.1 Å². The fourth-order valence-corrected chi connectivity index (χ4v) is 2.17. The zero-order valence-corrected chi connectivity index (χ0v) is 11.1. The highest BCUT2D eigenvalue weighted by molar-refractivity contribution is 6.33. The number of carbonyl (C=O) groups excluding carboxylic acids is 1. The third-order valence-electron chi connectivity index (χ3n) is 2.84. The third-order valence-corrected chi connectivity index (χ3v) is 3.17. The van der Waals surface area contributed by atoms with Crippen LogP contribution in [0.1, 0.15) is 6.92 Å². The summed E-state index contributed by atoms with van der Waals surface area (Å²) in [4.78, 5) is 14.0. The molecule has 1 atom stereocenters. The molecule has 0 bridgehead atoms. The Kier molecular flexibility index (Phi) is 4.58. The molecule has 1 aromatic rings. The fourth-order valence-electron chi connectivity index (χ4n) is 1.99. The molecule has 1 heterocycles. The first-order valence-corrected chi connectivity index (χ1v) is 6.41. The van der Waals surface area contributed by atoms with Crippen molar-refractivity contribution in [1.29, 1.82) is 0 Å². The molecule has 1 fully saturated rings. The van der Waals surface area contributed by atoms with E-state index >= 15 is 0 Å². The van der Waals surface area contributed by atoms with E-state index in [2.05, 4.69) is 10.2 Å². The largest absolute Gasteiger partial charge is 0.376 e. The van der Waals surface area contributed by atoms with Crippen LogP contribution in [0.5, 0.6) is 0 Å². The van der Waals surface area contributed by atoms with Crippen molar-refractivity contribution in [3.63, 3.8) is 0 Å². The molecule has 0 spiro atoms. The molecule has 18 heavy (non-hydrogen) atoms. The molecule has 4 nitrogen and oxygen atoms in total. The molecule has 2 rings (SSSR count). The number of para-hydroxylation sites is 1. The van der Waals surface area contributed by atoms with Crippen LogP contribution < -0.4 is 5.32 Å². The summed E-state index contributed by atoms with van der Waals surface area (Å²) in [5, 5.41) is 3.38. The average molecular weight is 269 g/mol. The van der Waals surface area contributed by atoms with Crippen LogP contribution in [0.15, 0.2) is 24.3 Å². The highest BCUT2D eigenvalue weighted by Gasteiger charge is 2.19. The van der Waals surface area contributed by atoms with Crippen LogP contribution in [-0.4, -0.2) is 43.2 Å². The molecular weight excluding hydrogens is 252 g/mol. The van der Waals surface area contributed by atoms with Gasteiger partial charge in [-0.25, -0.2) is 0 Å². The summed E-state index contributed by atoms with van der Waals surface area (Å²) in [7, 11) is 0. The second kappa shape index (κ2) is 6.18. The zero-order chi connectivity index (χ0) is 13.0. The summed E-state index contributed by atoms with van der Waals surface area (Å²) < 4.78 is 5.43. The topological polar surface area (TPSA) is 41.6 Å². The van der Waals surface area contributed by atoms with Crippen LogP contribution in [0, 0.1) is 0 Å². The van der Waals surface area contributed by atoms with Crippen molar-refractivity contribution >= 4 is 23.2 Å². The molecular formula is C13H17ClN2O2. The van der Waals surface area contributed by atoms with Gasteiger partial charge >= 0.3 is 0 Å². The molecule has 0 radical (unpaired) electrons. The lowest BCUT2D eigenvalue weighted by Gasteiger charge is -2.30. The van der Waals surface area contributed by atoms with Crippen LogP contribution in [-0.2, 0) is 9.53 Å². The van der Waals surface area contributed by atoms with Gasteiger partial charge in [0, 0.05) is 13.1 Å². The summed E-state index contributed by atoms with van der Waals surface area (Å²) >= 11 is 5.99. The first-order valence-electron chi connectivity index (χ1n) is 6.03. The molecule has 1 aliphatic rings. The highest BCUT2D eigenvalue weighted by Crippen LogP contribution is 2.20. The monoisotopic (exact) mass is 268 g/mol. The first-order chi connectivity index (χ1) is 8.65. The van der Waals surface area contributed by atoms with E-state index in [1.807, 2.05) is 19.1 Å². The van der Waals surface area contributed by atoms with E-state index in [9.17, 15) is 4.79 Å². The maximum absolute atomic E-state index is 11.9. The molecule has 1 N–H and O–H groups in total. The number of hydrogen-bond acceptors (Lipinski definition) is 3. The van der Waals surface area contributed by atoms with E-state index in [4.69, 9.17) is 16.3 Å². The minimum absolute atomic E-state index is 0.0443. The predicted octanol–water partition coefficient (Wildman–Crippen LogP) is 2.00. The normalized spacial score (nSPS) is 20.7. The number of morpholine rings is 1. The maximum atomic E-state index is 11.9. The Hall–Kier alpha value is -1.10. The predicted molar refractivity (Wildman–Crippen MR) is 71.9 cm³/mol. The lowest BCUT2D eigenvalue weighted by molar-refractivity contribution is -0.119. The van der Waals surface area contributed by atoms with E-state index in [1.165, 1.54) is 0 Å². The van der Waals surface area contributed by atoms with Gasteiger partial charge in [-0.2, -0.15) is 0 Å². The van der Waals surface area contributed by atoms with Gasteiger partial charge in [0.25, 0.3) is 0 Å². The Labute approximate surface area is 112 Å². The van der Waals surface area contributed by atoms with Gasteiger partial charge in [0.1, 0.15) is 0 Å². The van der Waals surface area contributed by atoms with Crippen LogP contribution in [0.3, 0.4) is 0 Å². The summed E-state index contributed by atoms with van der Waals surface area (Å²) in [5.74, 6) is -0.0443. The molecule has 0 saturated carbocycles. The SMILES string of the molecule is C[C@@H]1CN(CC(=O)Nc2ccccc2Cl)CCO1. The van der Waals surface area contributed by atoms with Crippen LogP contribution in [0.2, 0.25) is 5.02 Å². The Bertz CT molecular complexity index is 425. The number of carbonyl (C=O) groups is 1. The van der Waals surface area contributed by atoms with E-state index in [0.717, 1.165) is 13.1 Å². The van der Waals surface area contributed by atoms with Crippen molar-refractivity contribution in [3.05, 3.63) is 29.3 Å². The van der Waals surface area contributed by atoms with Gasteiger partial charge in [-0.15, -0.1) is 0 Å². The number of hydrogen-bond donors (Lipinski definition) is 1. The van der Waals surface area contributed by atoms with E-state index < -0.39 is 0 Å². The van der Waals surface area contributed by atoms with E-state index in [1.54, 1.807) is 12.1 Å². The van der Waals surface area contributed by atoms with Crippen molar-refractivity contribution < 1.29 is 9.53 Å². The number of ether oxygens (including phenoxy) is 1. The summed E-state index contributed by atoms with van der Waals surface area (Å²) in [6.07, 6.45) is 0.187. The molecule has 0 unspecified atom stereocenters. The van der Waals surface area contributed by atoms with E-state index in [-0.39, 0.29) is 12.0 Å². The zero-order valence-electron chi connectivity index (χ0n) is 10.4. The average Bonchev–Trinajstić information content (AvgIpc) is 2.32. The molecule has 0 aliphatic carbocycles. The highest BCUT2D eigenvalue weighted by atomic mass is 35.5. The number of halogens is 1. The van der Waals surface area contributed by atoms with Crippen molar-refractivity contribution in [1.82, 2.24) is 4.90 Å². The molecule has 1 aromatic carbocycles. The Morgan fingerprint density at radius 1 is 1.56 bits per heavy atom. The van der Waals surface area contributed by atoms with Crippen LogP contribution >= 0.6 is 11.6 Å². The number of rotatable bonds is 3. The Balaban J connectivity index is 1.87. The fraction of sp³-hybridized carbons (Fsp3) is 0.462. The van der Waals surface area contributed by atoms with Crippen molar-refractivity contribution in [2.45, 2.75) is 13.0 Å². The molecule has 1 aliphatic heterocycles. The summed E-state index contributed by atoms with van der Waals surface area (Å²) in [5.41, 5.74) is 0.658. The number of amides is 1. The summed E-state index contributed by atoms with van der Waals surface area (Å²) in [6, 6.07) is 7.23. The molecule has 0 aromatic heterocycles. The van der Waals surface area contributed by atoms with Gasteiger partial charge < -0.3 is 10.1 Å². The smallest absolute Gasteiger partial charge is 0.238 e. The third kappa shape index (κ3) is 3.70. The second-order valence-electron chi connectivity index (χ2n) is 4.44. The second-order valence-corrected chi connectivity index (χ2v) is 4.85. The number of benzene rings is 1. The van der Waals surface area contributed by atoms with Gasteiger partial charge in [0.15, 0.2) is 0 Å². The molecule has 5 heteroatoms. The van der Waals surface area contributed by atoms with Gasteiger partial charge in [0.05, 0.1) is 30.0 Å². The number of nitrogens with zero attached hydrogens (tertiary/aromatic N) is 1. The molecule has 98 valence electrons. The van der Waals surface area contributed by atoms with Crippen molar-refractivity contribution in [2.75, 3.05) is 31.6 Å². The Morgan fingerprint density at radius 2 is 2.33 bits per heavy atom. The standard InChI is InChI=1S/C13H17ClN2O2/c1-10-8-16(6-7-18-10)9-13(17)15-12-5-3-2-4-11(12)14/h2-5,10H,6-9H2,1H3,(H,15,17)/t10-/m1/s1. The minimum Gasteiger partial charge on any atom is -0.376 e. The summed E-state index contributed by atoms with van der Waals surface area (Å²) in [6.45, 7) is 4.65. The first kappa shape index (κ1) is 13.3. The van der Waals surface area contributed by atoms with Gasteiger partial charge in [0.2, 0.25) is 5.91 Å². The van der Waals surface area contributed by atoms with Gasteiger partial charge in [-0.3, -0.25) is 9.69 Å². The molecule has 1 amide bonds. The molecule has 1 saturated heterocycles. The van der Waals surface area contributed by atoms with Gasteiger partial charge in [-0.1, -0.05) is 23.7 Å². The van der Waals surface area contributed by atoms with Crippen molar-refractivity contribution in [3.8, 4) is 0 Å². The minimum atomic E-state index is -0.0443. The quantitative estimate of drug-likeness (QED) is 0.912. The Morgan fingerprint density at radius 3 is 3.06 bits per heavy atom. The number of nitrogens with one attached hydrogen (secondary N) is 1.